The van der Waals surface area contributed by atoms with Crippen LogP contribution in [0.4, 0.5) is 11.8 Å². The number of sulfonamides is 1. The van der Waals surface area contributed by atoms with Crippen LogP contribution in [0.5, 0.6) is 0 Å². The predicted octanol–water partition coefficient (Wildman–Crippen LogP) is 4.38. The standard InChI is InChI=1S/C25H30ClN7O2S/c1-18-20(8-13-24(30-18)33(26)36(34,35)23-5-4-14-27-17-23)7-6-19-15-28-25(29-16-19)31-21-9-11-22(12-10-21)32(2)3/h4-8,13-17,21-22H,9-12H2,1-3H3,(H,28,29,31)/b7-6+. The smallest absolute Gasteiger partial charge is 0.281 e. The number of aromatic nitrogens is 4. The average Bonchev–Trinajstić information content (AvgIpc) is 2.89. The average molecular weight is 528 g/mol. The van der Waals surface area contributed by atoms with E-state index >= 15 is 0 Å². The molecule has 1 saturated carbocycles. The number of nitrogens with zero attached hydrogens (tertiary/aromatic N) is 6. The fourth-order valence-corrected chi connectivity index (χ4v) is 5.46. The summed E-state index contributed by atoms with van der Waals surface area (Å²) < 4.78 is 26.1. The van der Waals surface area contributed by atoms with Crippen molar-refractivity contribution in [2.75, 3.05) is 23.2 Å². The Labute approximate surface area is 217 Å². The number of hydrogen-bond donors (Lipinski definition) is 1. The summed E-state index contributed by atoms with van der Waals surface area (Å²) in [5, 5.41) is 3.45. The van der Waals surface area contributed by atoms with Crippen LogP contribution in [0.2, 0.25) is 0 Å². The van der Waals surface area contributed by atoms with E-state index in [1.54, 1.807) is 31.5 Å². The van der Waals surface area contributed by atoms with Crippen LogP contribution in [0.25, 0.3) is 12.2 Å². The minimum Gasteiger partial charge on any atom is -0.351 e. The minimum absolute atomic E-state index is 0.0115. The van der Waals surface area contributed by atoms with Gasteiger partial charge in [-0.1, -0.05) is 12.2 Å². The molecule has 0 bridgehead atoms. The lowest BCUT2D eigenvalue weighted by atomic mass is 9.91. The summed E-state index contributed by atoms with van der Waals surface area (Å²) in [7, 11) is 0.312. The van der Waals surface area contributed by atoms with Crippen LogP contribution in [-0.2, 0) is 10.0 Å². The molecule has 190 valence electrons. The Bertz CT molecular complexity index is 1290. The van der Waals surface area contributed by atoms with E-state index in [0.29, 0.717) is 27.6 Å². The molecule has 9 nitrogen and oxygen atoms in total. The van der Waals surface area contributed by atoms with Crippen LogP contribution in [0.1, 0.15) is 42.5 Å². The molecule has 0 radical (unpaired) electrons. The first-order chi connectivity index (χ1) is 17.2. The molecule has 3 aromatic heterocycles. The number of pyridine rings is 2. The van der Waals surface area contributed by atoms with Crippen molar-refractivity contribution in [1.29, 1.82) is 0 Å². The molecule has 3 aromatic rings. The normalized spacial score (nSPS) is 18.5. The second-order valence-electron chi connectivity index (χ2n) is 9.04. The van der Waals surface area contributed by atoms with Gasteiger partial charge in [0, 0.05) is 59.9 Å². The van der Waals surface area contributed by atoms with Gasteiger partial charge in [0.2, 0.25) is 5.95 Å². The quantitative estimate of drug-likeness (QED) is 0.430. The Kier molecular flexibility index (Phi) is 8.17. The van der Waals surface area contributed by atoms with Gasteiger partial charge in [-0.05, 0) is 76.5 Å². The first-order valence-electron chi connectivity index (χ1n) is 11.8. The van der Waals surface area contributed by atoms with E-state index in [0.717, 1.165) is 24.0 Å². The Morgan fingerprint density at radius 2 is 1.75 bits per heavy atom. The van der Waals surface area contributed by atoms with Gasteiger partial charge in [-0.2, -0.15) is 12.2 Å². The van der Waals surface area contributed by atoms with Crippen molar-refractivity contribution in [3.8, 4) is 0 Å². The lowest BCUT2D eigenvalue weighted by Gasteiger charge is -2.32. The van der Waals surface area contributed by atoms with Crippen LogP contribution in [-0.4, -0.2) is 59.4 Å². The minimum atomic E-state index is -3.97. The third-order valence-electron chi connectivity index (χ3n) is 6.32. The molecule has 0 unspecified atom stereocenters. The lowest BCUT2D eigenvalue weighted by molar-refractivity contribution is 0.221. The molecule has 11 heteroatoms. The van der Waals surface area contributed by atoms with Crippen molar-refractivity contribution in [1.82, 2.24) is 24.8 Å². The predicted molar refractivity (Wildman–Crippen MR) is 143 cm³/mol. The van der Waals surface area contributed by atoms with Gasteiger partial charge in [0.05, 0.1) is 0 Å². The first-order valence-corrected chi connectivity index (χ1v) is 13.5. The zero-order valence-electron chi connectivity index (χ0n) is 20.5. The molecule has 1 aliphatic carbocycles. The van der Waals surface area contributed by atoms with E-state index in [9.17, 15) is 8.42 Å². The van der Waals surface area contributed by atoms with E-state index in [4.69, 9.17) is 11.8 Å². The maximum absolute atomic E-state index is 12.7. The zero-order chi connectivity index (χ0) is 25.7. The molecule has 0 aliphatic heterocycles. The molecule has 1 fully saturated rings. The molecule has 0 amide bonds. The summed E-state index contributed by atoms with van der Waals surface area (Å²) in [6, 6.07) is 7.35. The molecule has 0 saturated heterocycles. The first kappa shape index (κ1) is 26.0. The van der Waals surface area contributed by atoms with Gasteiger partial charge in [0.1, 0.15) is 4.90 Å². The molecule has 3 heterocycles. The molecule has 0 spiro atoms. The maximum atomic E-state index is 12.7. The highest BCUT2D eigenvalue weighted by atomic mass is 35.5. The molecule has 1 aliphatic rings. The van der Waals surface area contributed by atoms with E-state index in [-0.39, 0.29) is 10.7 Å². The van der Waals surface area contributed by atoms with Gasteiger partial charge in [-0.3, -0.25) is 4.98 Å². The molecule has 0 aromatic carbocycles. The Morgan fingerprint density at radius 1 is 1.03 bits per heavy atom. The van der Waals surface area contributed by atoms with Gasteiger partial charge >= 0.3 is 0 Å². The highest BCUT2D eigenvalue weighted by Gasteiger charge is 2.25. The Hall–Kier alpha value is -3.08. The van der Waals surface area contributed by atoms with Crippen molar-refractivity contribution in [2.45, 2.75) is 49.6 Å². The Morgan fingerprint density at radius 3 is 2.36 bits per heavy atom. The fourth-order valence-electron chi connectivity index (χ4n) is 4.15. The number of aryl methyl sites for hydroxylation is 1. The number of nitrogens with one attached hydrogen (secondary N) is 1. The second kappa shape index (κ2) is 11.3. The van der Waals surface area contributed by atoms with Crippen molar-refractivity contribution in [2.24, 2.45) is 0 Å². The summed E-state index contributed by atoms with van der Waals surface area (Å²) in [6.45, 7) is 1.79. The molecular weight excluding hydrogens is 498 g/mol. The van der Waals surface area contributed by atoms with E-state index in [1.165, 1.54) is 37.4 Å². The maximum Gasteiger partial charge on any atom is 0.281 e. The van der Waals surface area contributed by atoms with Gasteiger partial charge in [-0.25, -0.2) is 15.0 Å². The van der Waals surface area contributed by atoms with Crippen molar-refractivity contribution in [3.05, 3.63) is 65.9 Å². The van der Waals surface area contributed by atoms with Crippen LogP contribution >= 0.6 is 11.8 Å². The van der Waals surface area contributed by atoms with Crippen molar-refractivity contribution >= 4 is 45.7 Å². The number of halogens is 1. The van der Waals surface area contributed by atoms with Crippen molar-refractivity contribution in [3.63, 3.8) is 0 Å². The summed E-state index contributed by atoms with van der Waals surface area (Å²) in [4.78, 5) is 19.4. The van der Waals surface area contributed by atoms with Crippen molar-refractivity contribution < 1.29 is 8.42 Å². The third kappa shape index (κ3) is 6.18. The van der Waals surface area contributed by atoms with Crippen LogP contribution in [0, 0.1) is 6.92 Å². The van der Waals surface area contributed by atoms with E-state index in [1.807, 2.05) is 12.2 Å². The molecular formula is C25H30ClN7O2S. The number of rotatable bonds is 8. The van der Waals surface area contributed by atoms with Crippen LogP contribution in [0.3, 0.4) is 0 Å². The van der Waals surface area contributed by atoms with Crippen LogP contribution < -0.4 is 9.14 Å². The summed E-state index contributed by atoms with van der Waals surface area (Å²) in [5.41, 5.74) is 2.30. The second-order valence-corrected chi connectivity index (χ2v) is 11.4. The molecule has 1 N–H and O–H groups in total. The number of anilines is 2. The molecule has 0 atom stereocenters. The van der Waals surface area contributed by atoms with Gasteiger partial charge in [-0.15, -0.1) is 0 Å². The SMILES string of the molecule is Cc1nc(N(Cl)S(=O)(=O)c2cccnc2)ccc1/C=C/c1cnc(NC2CCC(N(C)C)CC2)nc1. The van der Waals surface area contributed by atoms with E-state index < -0.39 is 10.0 Å². The monoisotopic (exact) mass is 527 g/mol. The molecule has 4 rings (SSSR count). The third-order valence-corrected chi connectivity index (χ3v) is 8.49. The van der Waals surface area contributed by atoms with E-state index in [2.05, 4.69) is 44.2 Å². The summed E-state index contributed by atoms with van der Waals surface area (Å²) in [6.07, 6.45) is 14.6. The van der Waals surface area contributed by atoms with Gasteiger partial charge < -0.3 is 10.2 Å². The van der Waals surface area contributed by atoms with Crippen LogP contribution in [0.15, 0.2) is 53.9 Å². The topological polar surface area (TPSA) is 104 Å². The fraction of sp³-hybridized carbons (Fsp3) is 0.360. The highest BCUT2D eigenvalue weighted by molar-refractivity contribution is 7.94. The largest absolute Gasteiger partial charge is 0.351 e. The molecule has 36 heavy (non-hydrogen) atoms. The summed E-state index contributed by atoms with van der Waals surface area (Å²) >= 11 is 6.15. The Balaban J connectivity index is 1.38. The number of hydrogen-bond acceptors (Lipinski definition) is 8. The zero-order valence-corrected chi connectivity index (χ0v) is 22.1. The highest BCUT2D eigenvalue weighted by Crippen LogP contribution is 2.26. The summed E-state index contributed by atoms with van der Waals surface area (Å²) in [5.74, 6) is 0.744. The van der Waals surface area contributed by atoms with Gasteiger partial charge in [0.25, 0.3) is 10.0 Å². The lowest BCUT2D eigenvalue weighted by Crippen LogP contribution is -2.36. The van der Waals surface area contributed by atoms with Gasteiger partial charge in [0.15, 0.2) is 5.82 Å².